The smallest absolute Gasteiger partial charge is 0.331 e. The number of aliphatic hydroxyl groups is 4. The van der Waals surface area contributed by atoms with Gasteiger partial charge in [-0.2, -0.15) is 0 Å². The Morgan fingerprint density at radius 2 is 1.90 bits per heavy atom. The first-order valence-corrected chi connectivity index (χ1v) is 15.6. The quantitative estimate of drug-likeness (QED) is 0.165. The van der Waals surface area contributed by atoms with E-state index in [2.05, 4.69) is 13.5 Å². The second kappa shape index (κ2) is 10.5. The molecule has 0 aromatic carbocycles. The number of aliphatic hydroxyl groups excluding tert-OH is 2. The Balaban J connectivity index is 1.26. The van der Waals surface area contributed by atoms with Gasteiger partial charge >= 0.3 is 5.97 Å². The summed E-state index contributed by atoms with van der Waals surface area (Å²) in [4.78, 5) is 16.6. The Bertz CT molecular complexity index is 1100. The molecular formula is C32H47NO8. The van der Waals surface area contributed by atoms with Crippen molar-refractivity contribution in [2.24, 2.45) is 33.6 Å². The van der Waals surface area contributed by atoms with Crippen molar-refractivity contribution in [1.82, 2.24) is 0 Å². The van der Waals surface area contributed by atoms with E-state index in [1.807, 2.05) is 6.21 Å². The van der Waals surface area contributed by atoms with E-state index in [0.717, 1.165) is 24.8 Å². The number of rotatable bonds is 6. The molecule has 228 valence electrons. The van der Waals surface area contributed by atoms with Crippen LogP contribution in [0.2, 0.25) is 0 Å². The van der Waals surface area contributed by atoms with Crippen LogP contribution in [0.1, 0.15) is 78.1 Å². The Morgan fingerprint density at radius 3 is 2.61 bits per heavy atom. The highest BCUT2D eigenvalue weighted by atomic mass is 16.7. The molecule has 0 aromatic rings. The molecule has 0 unspecified atom stereocenters. The van der Waals surface area contributed by atoms with Crippen molar-refractivity contribution < 1.29 is 39.4 Å². The van der Waals surface area contributed by atoms with Gasteiger partial charge in [0.2, 0.25) is 0 Å². The minimum Gasteiger partial charge on any atom is -0.458 e. The van der Waals surface area contributed by atoms with Gasteiger partial charge in [0.1, 0.15) is 12.7 Å². The molecule has 6 rings (SSSR count). The number of ether oxygens (including phenoxy) is 3. The molecule has 0 spiro atoms. The average Bonchev–Trinajstić information content (AvgIpc) is 3.47. The standard InChI is InChI=1S/C32H47NO8/c1-4-13-33-18-30-10-5-21(41-27-15-25(34)28(36)19(2)40-27)16-31(30,37)11-7-24-23(30)6-9-29(3)22(8-12-32(24,29)38)20-14-26(35)39-17-20/h4,14,18-19,21-25,27-28,34,36-38H,1,5-13,15-17H2,2-3H3/t19-,21+,22-,23+,24-,25-,27+,28+,29-,30+,31+,32+/m1/s1. The predicted octanol–water partition coefficient (Wildman–Crippen LogP) is 2.84. The highest BCUT2D eigenvalue weighted by Gasteiger charge is 2.71. The Morgan fingerprint density at radius 1 is 1.12 bits per heavy atom. The van der Waals surface area contributed by atoms with Gasteiger partial charge in [0.15, 0.2) is 6.29 Å². The first-order valence-electron chi connectivity index (χ1n) is 15.6. The number of carbonyl (C=O) groups is 1. The Labute approximate surface area is 242 Å². The zero-order valence-corrected chi connectivity index (χ0v) is 24.4. The van der Waals surface area contributed by atoms with Crippen LogP contribution in [0.5, 0.6) is 0 Å². The van der Waals surface area contributed by atoms with Gasteiger partial charge < -0.3 is 34.6 Å². The second-order valence-corrected chi connectivity index (χ2v) is 14.0. The van der Waals surface area contributed by atoms with Crippen LogP contribution in [0.25, 0.3) is 0 Å². The summed E-state index contributed by atoms with van der Waals surface area (Å²) in [6.07, 6.45) is 8.52. The van der Waals surface area contributed by atoms with Gasteiger partial charge in [-0.15, -0.1) is 6.58 Å². The number of carbonyl (C=O) groups excluding carboxylic acids is 1. The fourth-order valence-corrected chi connectivity index (χ4v) is 10.1. The third-order valence-corrected chi connectivity index (χ3v) is 12.2. The van der Waals surface area contributed by atoms with Gasteiger partial charge in [0.05, 0.1) is 36.1 Å². The summed E-state index contributed by atoms with van der Waals surface area (Å²) in [6, 6.07) is 0. The van der Waals surface area contributed by atoms with E-state index in [4.69, 9.17) is 19.2 Å². The Kier molecular flexibility index (Phi) is 7.56. The summed E-state index contributed by atoms with van der Waals surface area (Å²) in [7, 11) is 0. The number of aliphatic imine (C=N–C) groups is 1. The van der Waals surface area contributed by atoms with Gasteiger partial charge in [-0.25, -0.2) is 4.79 Å². The van der Waals surface area contributed by atoms with Crippen LogP contribution >= 0.6 is 0 Å². The predicted molar refractivity (Wildman–Crippen MR) is 151 cm³/mol. The fourth-order valence-electron chi connectivity index (χ4n) is 10.1. The number of fused-ring (bicyclic) bond motifs is 5. The summed E-state index contributed by atoms with van der Waals surface area (Å²) in [6.45, 7) is 8.54. The molecule has 5 fully saturated rings. The number of hydrogen-bond acceptors (Lipinski definition) is 9. The highest BCUT2D eigenvalue weighted by molar-refractivity contribution is 5.85. The summed E-state index contributed by atoms with van der Waals surface area (Å²) in [5.41, 5.74) is -1.91. The van der Waals surface area contributed by atoms with Crippen molar-refractivity contribution in [3.63, 3.8) is 0 Å². The van der Waals surface area contributed by atoms with E-state index in [9.17, 15) is 25.2 Å². The minimum absolute atomic E-state index is 0.0111. The van der Waals surface area contributed by atoms with Crippen LogP contribution < -0.4 is 0 Å². The van der Waals surface area contributed by atoms with E-state index in [0.29, 0.717) is 51.7 Å². The lowest BCUT2D eigenvalue weighted by Crippen LogP contribution is -2.69. The number of hydrogen-bond donors (Lipinski definition) is 4. The maximum absolute atomic E-state index is 12.6. The van der Waals surface area contributed by atoms with Gasteiger partial charge in [0, 0.05) is 36.0 Å². The molecule has 4 aliphatic carbocycles. The molecule has 0 amide bonds. The molecule has 41 heavy (non-hydrogen) atoms. The van der Waals surface area contributed by atoms with Gasteiger partial charge in [-0.3, -0.25) is 4.99 Å². The average molecular weight is 574 g/mol. The zero-order chi connectivity index (χ0) is 29.2. The SMILES string of the molecule is C=CCN=C[C@]12CC[C@H](O[C@H]3C[C@@H](O)[C@@H](O)[C@@H](C)O3)C[C@@]1(O)CC[C@@H]1[C@@H]2CC[C@]2(C)[C@@H](C3=CC(=O)OC3)CC[C@]12O. The summed E-state index contributed by atoms with van der Waals surface area (Å²) in [5, 5.41) is 45.4. The molecule has 6 aliphatic rings. The Hall–Kier alpha value is -1.62. The van der Waals surface area contributed by atoms with Crippen molar-refractivity contribution in [1.29, 1.82) is 0 Å². The first-order chi connectivity index (χ1) is 19.5. The summed E-state index contributed by atoms with van der Waals surface area (Å²) >= 11 is 0. The lowest BCUT2D eigenvalue weighted by molar-refractivity contribution is -0.282. The largest absolute Gasteiger partial charge is 0.458 e. The molecule has 9 nitrogen and oxygen atoms in total. The van der Waals surface area contributed by atoms with Crippen molar-refractivity contribution in [2.75, 3.05) is 13.2 Å². The molecule has 9 heteroatoms. The molecule has 0 aromatic heterocycles. The van der Waals surface area contributed by atoms with Crippen LogP contribution in [0, 0.1) is 28.6 Å². The van der Waals surface area contributed by atoms with Gasteiger partial charge in [0.25, 0.3) is 0 Å². The molecular weight excluding hydrogens is 526 g/mol. The van der Waals surface area contributed by atoms with E-state index in [-0.39, 0.29) is 41.7 Å². The van der Waals surface area contributed by atoms with E-state index < -0.39 is 41.2 Å². The molecule has 1 saturated heterocycles. The number of cyclic esters (lactones) is 1. The molecule has 2 aliphatic heterocycles. The van der Waals surface area contributed by atoms with Crippen LogP contribution in [-0.4, -0.2) is 87.7 Å². The molecule has 0 bridgehead atoms. The molecule has 2 heterocycles. The van der Waals surface area contributed by atoms with Crippen molar-refractivity contribution >= 4 is 12.2 Å². The molecule has 4 saturated carbocycles. The zero-order valence-electron chi connectivity index (χ0n) is 24.4. The van der Waals surface area contributed by atoms with Crippen LogP contribution in [0.3, 0.4) is 0 Å². The highest BCUT2D eigenvalue weighted by Crippen LogP contribution is 2.70. The van der Waals surface area contributed by atoms with Crippen molar-refractivity contribution in [3.05, 3.63) is 24.3 Å². The van der Waals surface area contributed by atoms with Crippen LogP contribution in [-0.2, 0) is 19.0 Å². The van der Waals surface area contributed by atoms with Crippen molar-refractivity contribution in [3.8, 4) is 0 Å². The van der Waals surface area contributed by atoms with Gasteiger partial charge in [-0.05, 0) is 81.6 Å². The first kappa shape index (κ1) is 29.5. The van der Waals surface area contributed by atoms with E-state index in [1.165, 1.54) is 0 Å². The lowest BCUT2D eigenvalue weighted by atomic mass is 9.41. The molecule has 12 atom stereocenters. The maximum atomic E-state index is 12.6. The van der Waals surface area contributed by atoms with Crippen LogP contribution in [0.4, 0.5) is 0 Å². The van der Waals surface area contributed by atoms with Crippen molar-refractivity contribution in [2.45, 2.75) is 120 Å². The van der Waals surface area contributed by atoms with Crippen LogP contribution in [0.15, 0.2) is 29.3 Å². The third kappa shape index (κ3) is 4.49. The topological polar surface area (TPSA) is 138 Å². The maximum Gasteiger partial charge on any atom is 0.331 e. The van der Waals surface area contributed by atoms with E-state index in [1.54, 1.807) is 19.1 Å². The normalized spacial score (nSPS) is 51.5. The number of esters is 1. The van der Waals surface area contributed by atoms with Gasteiger partial charge in [-0.1, -0.05) is 13.0 Å². The second-order valence-electron chi connectivity index (χ2n) is 14.0. The monoisotopic (exact) mass is 573 g/mol. The molecule has 0 radical (unpaired) electrons. The lowest BCUT2D eigenvalue weighted by Gasteiger charge is -2.66. The fraction of sp³-hybridized carbons (Fsp3) is 0.812. The number of nitrogens with zero attached hydrogens (tertiary/aromatic N) is 1. The van der Waals surface area contributed by atoms with E-state index >= 15 is 0 Å². The summed E-state index contributed by atoms with van der Waals surface area (Å²) < 4.78 is 17.4. The minimum atomic E-state index is -1.06. The molecule has 4 N–H and O–H groups in total. The third-order valence-electron chi connectivity index (χ3n) is 12.2. The summed E-state index contributed by atoms with van der Waals surface area (Å²) in [5.74, 6) is -0.101.